The molecule has 0 saturated carbocycles. The van der Waals surface area contributed by atoms with Crippen molar-refractivity contribution in [3.05, 3.63) is 75.3 Å². The van der Waals surface area contributed by atoms with Crippen molar-refractivity contribution < 1.29 is 9.18 Å². The van der Waals surface area contributed by atoms with Crippen LogP contribution in [0.4, 0.5) is 4.39 Å². The van der Waals surface area contributed by atoms with E-state index in [-0.39, 0.29) is 16.9 Å². The molecule has 6 heteroatoms. The first-order valence-electron chi connectivity index (χ1n) is 7.96. The van der Waals surface area contributed by atoms with Crippen molar-refractivity contribution in [1.82, 2.24) is 15.1 Å². The Kier molecular flexibility index (Phi) is 4.61. The highest BCUT2D eigenvalue weighted by Gasteiger charge is 2.16. The monoisotopic (exact) mass is 339 g/mol. The molecule has 0 radical (unpaired) electrons. The highest BCUT2D eigenvalue weighted by atomic mass is 19.1. The Balaban J connectivity index is 1.79. The number of fused-ring (bicyclic) bond motifs is 1. The lowest BCUT2D eigenvalue weighted by atomic mass is 10.1. The van der Waals surface area contributed by atoms with Crippen molar-refractivity contribution in [3.8, 4) is 0 Å². The van der Waals surface area contributed by atoms with Gasteiger partial charge < -0.3 is 5.32 Å². The Morgan fingerprint density at radius 1 is 1.20 bits per heavy atom. The summed E-state index contributed by atoms with van der Waals surface area (Å²) in [7, 11) is 1.70. The van der Waals surface area contributed by atoms with E-state index in [1.807, 2.05) is 19.1 Å². The summed E-state index contributed by atoms with van der Waals surface area (Å²) in [5, 5.41) is 7.28. The Morgan fingerprint density at radius 3 is 2.64 bits per heavy atom. The summed E-state index contributed by atoms with van der Waals surface area (Å²) in [5.74, 6) is -0.807. The number of halogens is 1. The van der Waals surface area contributed by atoms with Crippen LogP contribution >= 0.6 is 0 Å². The van der Waals surface area contributed by atoms with Gasteiger partial charge in [0.1, 0.15) is 5.82 Å². The van der Waals surface area contributed by atoms with Crippen LogP contribution in [0.1, 0.15) is 21.6 Å². The zero-order chi connectivity index (χ0) is 18.0. The normalized spacial score (nSPS) is 10.8. The van der Waals surface area contributed by atoms with Gasteiger partial charge in [-0.2, -0.15) is 5.10 Å². The third-order valence-corrected chi connectivity index (χ3v) is 4.04. The van der Waals surface area contributed by atoms with Crippen LogP contribution in [-0.4, -0.2) is 22.2 Å². The van der Waals surface area contributed by atoms with Gasteiger partial charge in [0.2, 0.25) is 5.43 Å². The van der Waals surface area contributed by atoms with Gasteiger partial charge in [0, 0.05) is 13.6 Å². The number of carbonyl (C=O) groups is 1. The van der Waals surface area contributed by atoms with Gasteiger partial charge in [-0.15, -0.1) is 0 Å². The van der Waals surface area contributed by atoms with E-state index < -0.39 is 5.91 Å². The lowest BCUT2D eigenvalue weighted by Crippen LogP contribution is -2.33. The molecule has 1 heterocycles. The molecule has 1 aromatic heterocycles. The molecule has 0 spiro atoms. The molecule has 1 amide bonds. The van der Waals surface area contributed by atoms with Gasteiger partial charge in [-0.25, -0.2) is 4.39 Å². The fourth-order valence-corrected chi connectivity index (χ4v) is 2.69. The van der Waals surface area contributed by atoms with Gasteiger partial charge in [-0.05, 0) is 43.2 Å². The fourth-order valence-electron chi connectivity index (χ4n) is 2.69. The van der Waals surface area contributed by atoms with Crippen molar-refractivity contribution in [1.29, 1.82) is 0 Å². The van der Waals surface area contributed by atoms with Gasteiger partial charge in [-0.1, -0.05) is 23.8 Å². The van der Waals surface area contributed by atoms with Crippen LogP contribution in [0, 0.1) is 12.7 Å². The molecule has 0 bridgehead atoms. The maximum Gasteiger partial charge on any atom is 0.275 e. The number of nitrogens with one attached hydrogen (secondary N) is 1. The zero-order valence-corrected chi connectivity index (χ0v) is 14.0. The molecule has 0 saturated heterocycles. The second-order valence-corrected chi connectivity index (χ2v) is 5.95. The Labute approximate surface area is 144 Å². The minimum Gasteiger partial charge on any atom is -0.350 e. The van der Waals surface area contributed by atoms with E-state index >= 15 is 0 Å². The first kappa shape index (κ1) is 16.8. The molecule has 5 nitrogen and oxygen atoms in total. The topological polar surface area (TPSA) is 64.0 Å². The maximum absolute atomic E-state index is 12.9. The van der Waals surface area contributed by atoms with E-state index in [2.05, 4.69) is 10.4 Å². The van der Waals surface area contributed by atoms with Crippen molar-refractivity contribution in [3.63, 3.8) is 0 Å². The van der Waals surface area contributed by atoms with E-state index in [1.54, 1.807) is 25.2 Å². The Morgan fingerprint density at radius 2 is 1.92 bits per heavy atom. The second-order valence-electron chi connectivity index (χ2n) is 5.95. The minimum atomic E-state index is -0.508. The third-order valence-electron chi connectivity index (χ3n) is 4.04. The van der Waals surface area contributed by atoms with Crippen molar-refractivity contribution in [2.75, 3.05) is 6.54 Å². The van der Waals surface area contributed by atoms with E-state index in [9.17, 15) is 14.0 Å². The number of aryl methyl sites for hydroxylation is 2. The minimum absolute atomic E-state index is 0.125. The second kappa shape index (κ2) is 6.84. The number of amides is 1. The number of nitrogens with zero attached hydrogens (tertiary/aromatic N) is 2. The van der Waals surface area contributed by atoms with Gasteiger partial charge in [0.05, 0.1) is 10.9 Å². The molecule has 0 aliphatic heterocycles. The van der Waals surface area contributed by atoms with E-state index in [0.29, 0.717) is 23.9 Å². The molecule has 0 aliphatic carbocycles. The lowest BCUT2D eigenvalue weighted by molar-refractivity contribution is 0.0946. The lowest BCUT2D eigenvalue weighted by Gasteiger charge is -2.09. The maximum atomic E-state index is 12.9. The number of hydrogen-bond donors (Lipinski definition) is 1. The van der Waals surface area contributed by atoms with Crippen LogP contribution in [0.15, 0.2) is 47.3 Å². The summed E-state index contributed by atoms with van der Waals surface area (Å²) in [5.41, 5.74) is 2.02. The quantitative estimate of drug-likeness (QED) is 0.794. The zero-order valence-electron chi connectivity index (χ0n) is 14.0. The Hall–Kier alpha value is -3.02. The summed E-state index contributed by atoms with van der Waals surface area (Å²) in [6.45, 7) is 2.23. The van der Waals surface area contributed by atoms with Crippen LogP contribution in [0.2, 0.25) is 0 Å². The van der Waals surface area contributed by atoms with Crippen LogP contribution in [0.25, 0.3) is 10.9 Å². The summed E-state index contributed by atoms with van der Waals surface area (Å²) >= 11 is 0. The molecule has 1 N–H and O–H groups in total. The van der Waals surface area contributed by atoms with Gasteiger partial charge in [0.25, 0.3) is 5.91 Å². The number of hydrogen-bond acceptors (Lipinski definition) is 3. The summed E-state index contributed by atoms with van der Waals surface area (Å²) < 4.78 is 14.4. The molecule has 2 aromatic carbocycles. The molecule has 0 atom stereocenters. The first-order valence-corrected chi connectivity index (χ1v) is 7.96. The summed E-state index contributed by atoms with van der Waals surface area (Å²) in [6, 6.07) is 11.5. The molecule has 25 heavy (non-hydrogen) atoms. The SMILES string of the molecule is Cc1ccc2c(c1)c(=O)c(C(=O)NCCc1ccc(F)cc1)nn2C. The van der Waals surface area contributed by atoms with E-state index in [4.69, 9.17) is 0 Å². The molecule has 0 unspecified atom stereocenters. The fraction of sp³-hybridized carbons (Fsp3) is 0.211. The smallest absolute Gasteiger partial charge is 0.275 e. The molecule has 0 aliphatic rings. The van der Waals surface area contributed by atoms with Gasteiger partial charge in [0.15, 0.2) is 5.69 Å². The average molecular weight is 339 g/mol. The number of aromatic nitrogens is 2. The predicted octanol–water partition coefficient (Wildman–Crippen LogP) is 2.35. The van der Waals surface area contributed by atoms with Gasteiger partial charge >= 0.3 is 0 Å². The van der Waals surface area contributed by atoms with E-state index in [1.165, 1.54) is 16.8 Å². The Bertz CT molecular complexity index is 994. The summed E-state index contributed by atoms with van der Waals surface area (Å²) in [6.07, 6.45) is 0.541. The largest absolute Gasteiger partial charge is 0.350 e. The van der Waals surface area contributed by atoms with E-state index in [0.717, 1.165) is 11.1 Å². The van der Waals surface area contributed by atoms with Crippen molar-refractivity contribution >= 4 is 16.8 Å². The predicted molar refractivity (Wildman–Crippen MR) is 94.2 cm³/mol. The van der Waals surface area contributed by atoms with Crippen molar-refractivity contribution in [2.24, 2.45) is 7.05 Å². The van der Waals surface area contributed by atoms with Crippen LogP contribution in [0.3, 0.4) is 0 Å². The number of rotatable bonds is 4. The molecule has 3 aromatic rings. The molecule has 128 valence electrons. The molecule has 0 fully saturated rings. The van der Waals surface area contributed by atoms with Crippen molar-refractivity contribution in [2.45, 2.75) is 13.3 Å². The first-order chi connectivity index (χ1) is 12.0. The molecular formula is C19H18FN3O2. The number of benzene rings is 2. The van der Waals surface area contributed by atoms with Crippen LogP contribution in [0.5, 0.6) is 0 Å². The molecular weight excluding hydrogens is 321 g/mol. The third kappa shape index (κ3) is 3.57. The van der Waals surface area contributed by atoms with Crippen LogP contribution < -0.4 is 10.7 Å². The number of carbonyl (C=O) groups excluding carboxylic acids is 1. The highest BCUT2D eigenvalue weighted by Crippen LogP contribution is 2.11. The highest BCUT2D eigenvalue weighted by molar-refractivity contribution is 5.95. The summed E-state index contributed by atoms with van der Waals surface area (Å²) in [4.78, 5) is 24.9. The van der Waals surface area contributed by atoms with Crippen LogP contribution in [-0.2, 0) is 13.5 Å². The molecule has 3 rings (SSSR count). The van der Waals surface area contributed by atoms with Gasteiger partial charge in [-0.3, -0.25) is 14.3 Å². The average Bonchev–Trinajstić information content (AvgIpc) is 2.59. The standard InChI is InChI=1S/C19H18FN3O2/c1-12-3-8-16-15(11-12)18(24)17(22-23(16)2)19(25)21-10-9-13-4-6-14(20)7-5-13/h3-8,11H,9-10H2,1-2H3,(H,21,25).